The van der Waals surface area contributed by atoms with Crippen molar-refractivity contribution in [3.05, 3.63) is 59.2 Å². The smallest absolute Gasteiger partial charge is 0.215 e. The normalized spacial score (nSPS) is 11.8. The monoisotopic (exact) mass is 410 g/mol. The van der Waals surface area contributed by atoms with Gasteiger partial charge in [0.15, 0.2) is 0 Å². The first-order chi connectivity index (χ1) is 12.7. The lowest BCUT2D eigenvalue weighted by Gasteiger charge is -2.18. The molecule has 2 aromatic heterocycles. The Labute approximate surface area is 162 Å². The molecule has 0 saturated heterocycles. The molecule has 0 unspecified atom stereocenters. The second-order valence-corrected chi connectivity index (χ2v) is 7.39. The van der Waals surface area contributed by atoms with Crippen LogP contribution < -0.4 is 0 Å². The first kappa shape index (κ1) is 17.3. The minimum Gasteiger partial charge on any atom is -0.308 e. The van der Waals surface area contributed by atoms with Gasteiger partial charge in [0.25, 0.3) is 0 Å². The maximum atomic E-state index is 4.97. The number of likely N-dealkylation sites (N-methyl/N-ethyl adjacent to an activating group) is 1. The Morgan fingerprint density at radius 2 is 1.65 bits per heavy atom. The van der Waals surface area contributed by atoms with Crippen molar-refractivity contribution in [3.8, 4) is 11.3 Å². The molecule has 0 N–H and O–H groups in total. The molecule has 5 heteroatoms. The zero-order valence-corrected chi connectivity index (χ0v) is 16.8. The number of aromatic nitrogens is 3. The van der Waals surface area contributed by atoms with E-state index in [1.165, 1.54) is 11.0 Å². The third-order valence-electron chi connectivity index (χ3n) is 5.04. The fourth-order valence-corrected chi connectivity index (χ4v) is 3.77. The molecule has 0 amide bonds. The predicted octanol–water partition coefficient (Wildman–Crippen LogP) is 5.06. The summed E-state index contributed by atoms with van der Waals surface area (Å²) >= 11 is 3.50. The molecule has 0 aliphatic carbocycles. The summed E-state index contributed by atoms with van der Waals surface area (Å²) in [7, 11) is 0. The Balaban J connectivity index is 1.81. The van der Waals surface area contributed by atoms with E-state index >= 15 is 0 Å². The highest BCUT2D eigenvalue weighted by Gasteiger charge is 2.15. The van der Waals surface area contributed by atoms with E-state index in [9.17, 15) is 0 Å². The van der Waals surface area contributed by atoms with Crippen LogP contribution in [0.15, 0.2) is 59.2 Å². The Bertz CT molecular complexity index is 1030. The quantitative estimate of drug-likeness (QED) is 0.443. The van der Waals surface area contributed by atoms with Crippen molar-refractivity contribution in [2.75, 3.05) is 19.6 Å². The van der Waals surface area contributed by atoms with Crippen molar-refractivity contribution < 1.29 is 0 Å². The van der Waals surface area contributed by atoms with Crippen LogP contribution in [-0.4, -0.2) is 38.5 Å². The molecule has 26 heavy (non-hydrogen) atoms. The van der Waals surface area contributed by atoms with Gasteiger partial charge in [-0.25, -0.2) is 4.98 Å². The number of hydrogen-bond acceptors (Lipinski definition) is 2. The summed E-state index contributed by atoms with van der Waals surface area (Å²) in [6, 6.07) is 16.9. The van der Waals surface area contributed by atoms with Crippen molar-refractivity contribution in [2.24, 2.45) is 0 Å². The topological polar surface area (TPSA) is 25.5 Å². The maximum Gasteiger partial charge on any atom is 0.215 e. The van der Waals surface area contributed by atoms with Gasteiger partial charge in [0.1, 0.15) is 0 Å². The second kappa shape index (κ2) is 7.25. The lowest BCUT2D eigenvalue weighted by molar-refractivity contribution is 0.293. The van der Waals surface area contributed by atoms with Crippen LogP contribution in [0.5, 0.6) is 0 Å². The van der Waals surface area contributed by atoms with Crippen LogP contribution in [-0.2, 0) is 6.54 Å². The fraction of sp³-hybridized carbons (Fsp3) is 0.286. The molecule has 4 rings (SSSR count). The number of nitrogens with zero attached hydrogens (tertiary/aromatic N) is 4. The van der Waals surface area contributed by atoms with E-state index in [0.717, 1.165) is 47.7 Å². The van der Waals surface area contributed by atoms with Crippen LogP contribution in [0.25, 0.3) is 28.1 Å². The van der Waals surface area contributed by atoms with E-state index in [4.69, 9.17) is 4.98 Å². The molecule has 134 valence electrons. The predicted molar refractivity (Wildman–Crippen MR) is 112 cm³/mol. The molecule has 0 bridgehead atoms. The van der Waals surface area contributed by atoms with E-state index in [2.05, 4.69) is 98.4 Å². The van der Waals surface area contributed by atoms with Crippen molar-refractivity contribution in [1.29, 1.82) is 0 Å². The third kappa shape index (κ3) is 3.06. The average molecular weight is 411 g/mol. The van der Waals surface area contributed by atoms with Gasteiger partial charge in [-0.3, -0.25) is 4.40 Å². The van der Waals surface area contributed by atoms with Crippen LogP contribution in [0.1, 0.15) is 13.8 Å². The number of fused-ring (bicyclic) bond motifs is 3. The van der Waals surface area contributed by atoms with Gasteiger partial charge < -0.3 is 9.47 Å². The van der Waals surface area contributed by atoms with Crippen molar-refractivity contribution >= 4 is 32.7 Å². The van der Waals surface area contributed by atoms with Crippen LogP contribution in [0.2, 0.25) is 0 Å². The van der Waals surface area contributed by atoms with E-state index in [-0.39, 0.29) is 0 Å². The van der Waals surface area contributed by atoms with Crippen LogP contribution in [0, 0.1) is 0 Å². The van der Waals surface area contributed by atoms with E-state index in [0.29, 0.717) is 0 Å². The Morgan fingerprint density at radius 3 is 2.35 bits per heavy atom. The molecular weight excluding hydrogens is 388 g/mol. The van der Waals surface area contributed by atoms with Gasteiger partial charge in [0.2, 0.25) is 5.78 Å². The van der Waals surface area contributed by atoms with Gasteiger partial charge in [-0.05, 0) is 37.4 Å². The molecular formula is C21H23BrN4. The Hall–Kier alpha value is -2.11. The minimum absolute atomic E-state index is 0.940. The Morgan fingerprint density at radius 1 is 0.962 bits per heavy atom. The van der Waals surface area contributed by atoms with Crippen molar-refractivity contribution in [2.45, 2.75) is 20.4 Å². The largest absolute Gasteiger partial charge is 0.308 e. The minimum atomic E-state index is 0.940. The van der Waals surface area contributed by atoms with Crippen LogP contribution in [0.3, 0.4) is 0 Å². The fourth-order valence-electron chi connectivity index (χ4n) is 3.50. The summed E-state index contributed by atoms with van der Waals surface area (Å²) in [5.74, 6) is 1.01. The molecule has 0 saturated carbocycles. The summed E-state index contributed by atoms with van der Waals surface area (Å²) in [6.45, 7) is 8.55. The highest BCUT2D eigenvalue weighted by molar-refractivity contribution is 9.10. The molecule has 4 nitrogen and oxygen atoms in total. The summed E-state index contributed by atoms with van der Waals surface area (Å²) in [5.41, 5.74) is 4.59. The van der Waals surface area contributed by atoms with Crippen molar-refractivity contribution in [3.63, 3.8) is 0 Å². The molecule has 0 aliphatic rings. The summed E-state index contributed by atoms with van der Waals surface area (Å²) in [5, 5.41) is 0. The van der Waals surface area contributed by atoms with E-state index in [1.54, 1.807) is 0 Å². The molecule has 2 aromatic carbocycles. The lowest BCUT2D eigenvalue weighted by atomic mass is 10.2. The highest BCUT2D eigenvalue weighted by Crippen LogP contribution is 2.26. The zero-order valence-electron chi connectivity index (χ0n) is 15.2. The van der Waals surface area contributed by atoms with E-state index in [1.807, 2.05) is 0 Å². The van der Waals surface area contributed by atoms with Gasteiger partial charge in [-0.1, -0.05) is 54.0 Å². The standard InChI is InChI=1S/C21H23BrN4/c1-3-24(4-2)13-14-25-19-7-5-6-8-20(19)26-15-18(23-21(25)26)16-9-11-17(22)12-10-16/h5-12,15H,3-4,13-14H2,1-2H3. The lowest BCUT2D eigenvalue weighted by Crippen LogP contribution is -2.27. The highest BCUT2D eigenvalue weighted by atomic mass is 79.9. The number of hydrogen-bond donors (Lipinski definition) is 0. The van der Waals surface area contributed by atoms with E-state index < -0.39 is 0 Å². The SMILES string of the molecule is CCN(CC)CCn1c2ccccc2n2cc(-c3ccc(Br)cc3)nc12. The maximum absolute atomic E-state index is 4.97. The van der Waals surface area contributed by atoms with Gasteiger partial charge in [0, 0.05) is 29.3 Å². The van der Waals surface area contributed by atoms with Crippen molar-refractivity contribution in [1.82, 2.24) is 18.9 Å². The molecule has 0 radical (unpaired) electrons. The van der Waals surface area contributed by atoms with Gasteiger partial charge in [0.05, 0.1) is 16.7 Å². The number of imidazole rings is 2. The first-order valence-electron chi connectivity index (χ1n) is 9.16. The molecule has 4 aromatic rings. The second-order valence-electron chi connectivity index (χ2n) is 6.47. The third-order valence-corrected chi connectivity index (χ3v) is 5.56. The number of para-hydroxylation sites is 2. The molecule has 0 aliphatic heterocycles. The Kier molecular flexibility index (Phi) is 4.83. The van der Waals surface area contributed by atoms with Gasteiger partial charge in [-0.2, -0.15) is 0 Å². The molecule has 2 heterocycles. The van der Waals surface area contributed by atoms with Gasteiger partial charge >= 0.3 is 0 Å². The molecule has 0 fully saturated rings. The zero-order chi connectivity index (χ0) is 18.1. The van der Waals surface area contributed by atoms with Crippen LogP contribution >= 0.6 is 15.9 Å². The van der Waals surface area contributed by atoms with Crippen LogP contribution in [0.4, 0.5) is 0 Å². The number of halogens is 1. The number of rotatable bonds is 6. The summed E-state index contributed by atoms with van der Waals surface area (Å²) < 4.78 is 5.64. The average Bonchev–Trinajstić information content (AvgIpc) is 3.22. The summed E-state index contributed by atoms with van der Waals surface area (Å²) in [6.07, 6.45) is 2.15. The number of benzene rings is 2. The first-order valence-corrected chi connectivity index (χ1v) is 9.95. The molecule has 0 spiro atoms. The summed E-state index contributed by atoms with van der Waals surface area (Å²) in [4.78, 5) is 7.42. The molecule has 0 atom stereocenters. The van der Waals surface area contributed by atoms with Gasteiger partial charge in [-0.15, -0.1) is 0 Å².